The summed E-state index contributed by atoms with van der Waals surface area (Å²) in [6.45, 7) is 4.02. The number of H-pyrrole nitrogens is 1. The van der Waals surface area contributed by atoms with Crippen molar-refractivity contribution in [2.75, 3.05) is 25.1 Å². The van der Waals surface area contributed by atoms with Gasteiger partial charge in [0, 0.05) is 36.4 Å². The van der Waals surface area contributed by atoms with Gasteiger partial charge < -0.3 is 14.6 Å². The molecule has 0 atom stereocenters. The quantitative estimate of drug-likeness (QED) is 0.799. The predicted molar refractivity (Wildman–Crippen MR) is 95.8 cm³/mol. The van der Waals surface area contributed by atoms with Gasteiger partial charge in [0.15, 0.2) is 0 Å². The second-order valence-electron chi connectivity index (χ2n) is 6.44. The number of piperidine rings is 1. The molecule has 1 aliphatic rings. The van der Waals surface area contributed by atoms with E-state index in [0.29, 0.717) is 5.92 Å². The first-order valence-corrected chi connectivity index (χ1v) is 8.43. The van der Waals surface area contributed by atoms with E-state index in [1.807, 2.05) is 19.2 Å². The predicted octanol–water partition coefficient (Wildman–Crippen LogP) is 3.66. The fourth-order valence-electron chi connectivity index (χ4n) is 3.61. The first-order valence-electron chi connectivity index (χ1n) is 8.43. The molecule has 3 aromatic rings. The number of hydrogen-bond donors (Lipinski definition) is 1. The van der Waals surface area contributed by atoms with Gasteiger partial charge in [0.05, 0.1) is 19.0 Å². The Morgan fingerprint density at radius 3 is 2.79 bits per heavy atom. The van der Waals surface area contributed by atoms with E-state index in [4.69, 9.17) is 4.74 Å². The number of methoxy groups -OCH3 is 1. The zero-order chi connectivity index (χ0) is 16.5. The number of benzene rings is 1. The van der Waals surface area contributed by atoms with Crippen molar-refractivity contribution in [3.63, 3.8) is 0 Å². The number of rotatable bonds is 3. The van der Waals surface area contributed by atoms with Crippen LogP contribution < -0.4 is 9.64 Å². The van der Waals surface area contributed by atoms with Crippen LogP contribution in [0.5, 0.6) is 5.75 Å². The Morgan fingerprint density at radius 2 is 2.04 bits per heavy atom. The number of aryl methyl sites for hydroxylation is 1. The number of aromatic nitrogens is 3. The van der Waals surface area contributed by atoms with Crippen LogP contribution in [0.1, 0.15) is 30.0 Å². The summed E-state index contributed by atoms with van der Waals surface area (Å²) in [5.74, 6) is 2.48. The van der Waals surface area contributed by atoms with Gasteiger partial charge in [0.25, 0.3) is 0 Å². The van der Waals surface area contributed by atoms with Crippen LogP contribution in [0.3, 0.4) is 0 Å². The van der Waals surface area contributed by atoms with Crippen LogP contribution in [-0.2, 0) is 0 Å². The Kier molecular flexibility index (Phi) is 3.84. The van der Waals surface area contributed by atoms with E-state index in [2.05, 4.69) is 38.2 Å². The summed E-state index contributed by atoms with van der Waals surface area (Å²) >= 11 is 0. The zero-order valence-electron chi connectivity index (χ0n) is 14.1. The Labute approximate surface area is 141 Å². The Morgan fingerprint density at radius 1 is 1.21 bits per heavy atom. The van der Waals surface area contributed by atoms with Gasteiger partial charge in [-0.05, 0) is 49.4 Å². The van der Waals surface area contributed by atoms with Crippen molar-refractivity contribution >= 4 is 16.7 Å². The molecule has 1 saturated heterocycles. The Bertz CT molecular complexity index is 849. The topological polar surface area (TPSA) is 54.0 Å². The molecule has 0 saturated carbocycles. The fourth-order valence-corrected chi connectivity index (χ4v) is 3.61. The van der Waals surface area contributed by atoms with Crippen LogP contribution in [-0.4, -0.2) is 35.2 Å². The summed E-state index contributed by atoms with van der Waals surface area (Å²) in [6.07, 6.45) is 8.08. The summed E-state index contributed by atoms with van der Waals surface area (Å²) in [5, 5.41) is 1.28. The number of fused-ring (bicyclic) bond motifs is 1. The lowest BCUT2D eigenvalue weighted by atomic mass is 9.89. The van der Waals surface area contributed by atoms with E-state index in [-0.39, 0.29) is 0 Å². The normalized spacial score (nSPS) is 15.8. The maximum Gasteiger partial charge on any atom is 0.147 e. The first-order chi connectivity index (χ1) is 11.7. The molecule has 1 aromatic carbocycles. The molecule has 1 aliphatic heterocycles. The average molecular weight is 322 g/mol. The molecule has 5 nitrogen and oxygen atoms in total. The van der Waals surface area contributed by atoms with Crippen molar-refractivity contribution in [3.8, 4) is 5.75 Å². The van der Waals surface area contributed by atoms with E-state index in [1.165, 1.54) is 16.5 Å². The molecule has 3 heterocycles. The summed E-state index contributed by atoms with van der Waals surface area (Å²) in [5.41, 5.74) is 3.55. The lowest BCUT2D eigenvalue weighted by molar-refractivity contribution is 0.415. The van der Waals surface area contributed by atoms with Gasteiger partial charge in [-0.1, -0.05) is 0 Å². The molecule has 0 bridgehead atoms. The van der Waals surface area contributed by atoms with Crippen molar-refractivity contribution in [2.24, 2.45) is 0 Å². The van der Waals surface area contributed by atoms with Gasteiger partial charge in [0.2, 0.25) is 0 Å². The number of hydrogen-bond acceptors (Lipinski definition) is 4. The van der Waals surface area contributed by atoms with Crippen molar-refractivity contribution in [3.05, 3.63) is 48.0 Å². The van der Waals surface area contributed by atoms with E-state index in [0.717, 1.165) is 43.2 Å². The van der Waals surface area contributed by atoms with Gasteiger partial charge in [-0.15, -0.1) is 0 Å². The molecule has 5 heteroatoms. The Hall–Kier alpha value is -2.56. The number of nitrogens with zero attached hydrogens (tertiary/aromatic N) is 3. The van der Waals surface area contributed by atoms with Gasteiger partial charge in [-0.3, -0.25) is 4.98 Å². The molecular weight excluding hydrogens is 300 g/mol. The second kappa shape index (κ2) is 6.15. The highest BCUT2D eigenvalue weighted by Gasteiger charge is 2.23. The summed E-state index contributed by atoms with van der Waals surface area (Å²) in [6, 6.07) is 6.23. The summed E-state index contributed by atoms with van der Waals surface area (Å²) in [7, 11) is 1.72. The maximum absolute atomic E-state index is 5.38. The van der Waals surface area contributed by atoms with Crippen LogP contribution in [0.25, 0.3) is 10.9 Å². The highest BCUT2D eigenvalue weighted by Crippen LogP contribution is 2.35. The molecule has 0 unspecified atom stereocenters. The minimum atomic E-state index is 0.569. The third kappa shape index (κ3) is 2.70. The standard InChI is InChI=1S/C19H22N4O/c1-13-10-20-12-19(22-13)23-7-5-14(6-8-23)17-11-21-18-4-3-15(24-2)9-16(17)18/h3-4,9-12,14,21H,5-8H2,1-2H3. The third-order valence-electron chi connectivity index (χ3n) is 4.92. The first kappa shape index (κ1) is 15.0. The SMILES string of the molecule is COc1ccc2[nH]cc(C3CCN(c4cncc(C)n4)CC3)c2c1. The van der Waals surface area contributed by atoms with E-state index in [1.54, 1.807) is 13.3 Å². The minimum absolute atomic E-state index is 0.569. The summed E-state index contributed by atoms with van der Waals surface area (Å²) in [4.78, 5) is 14.6. The zero-order valence-corrected chi connectivity index (χ0v) is 14.1. The molecule has 1 fully saturated rings. The number of aromatic amines is 1. The molecule has 0 spiro atoms. The van der Waals surface area contributed by atoms with Crippen molar-refractivity contribution in [2.45, 2.75) is 25.7 Å². The van der Waals surface area contributed by atoms with E-state index < -0.39 is 0 Å². The van der Waals surface area contributed by atoms with Crippen molar-refractivity contribution in [1.29, 1.82) is 0 Å². The molecule has 24 heavy (non-hydrogen) atoms. The monoisotopic (exact) mass is 322 g/mol. The van der Waals surface area contributed by atoms with Crippen LogP contribution in [0, 0.1) is 6.92 Å². The molecule has 2 aromatic heterocycles. The van der Waals surface area contributed by atoms with Gasteiger partial charge >= 0.3 is 0 Å². The smallest absolute Gasteiger partial charge is 0.147 e. The lowest BCUT2D eigenvalue weighted by Gasteiger charge is -2.32. The van der Waals surface area contributed by atoms with Crippen LogP contribution in [0.2, 0.25) is 0 Å². The fraction of sp³-hybridized carbons (Fsp3) is 0.368. The highest BCUT2D eigenvalue weighted by atomic mass is 16.5. The molecule has 0 aliphatic carbocycles. The Balaban J connectivity index is 1.53. The van der Waals surface area contributed by atoms with Crippen molar-refractivity contribution < 1.29 is 4.74 Å². The lowest BCUT2D eigenvalue weighted by Crippen LogP contribution is -2.33. The van der Waals surface area contributed by atoms with Gasteiger partial charge in [0.1, 0.15) is 11.6 Å². The summed E-state index contributed by atoms with van der Waals surface area (Å²) < 4.78 is 5.38. The van der Waals surface area contributed by atoms with Crippen LogP contribution in [0.15, 0.2) is 36.8 Å². The minimum Gasteiger partial charge on any atom is -0.497 e. The third-order valence-corrected chi connectivity index (χ3v) is 4.92. The molecule has 4 rings (SSSR count). The second-order valence-corrected chi connectivity index (χ2v) is 6.44. The van der Waals surface area contributed by atoms with E-state index in [9.17, 15) is 0 Å². The highest BCUT2D eigenvalue weighted by molar-refractivity contribution is 5.85. The molecule has 0 radical (unpaired) electrons. The molecule has 1 N–H and O–H groups in total. The average Bonchev–Trinajstić information content (AvgIpc) is 3.05. The number of nitrogens with one attached hydrogen (secondary N) is 1. The largest absolute Gasteiger partial charge is 0.497 e. The van der Waals surface area contributed by atoms with Crippen molar-refractivity contribution in [1.82, 2.24) is 15.0 Å². The van der Waals surface area contributed by atoms with Gasteiger partial charge in [-0.2, -0.15) is 0 Å². The van der Waals surface area contributed by atoms with Gasteiger partial charge in [-0.25, -0.2) is 4.98 Å². The molecule has 124 valence electrons. The molecular formula is C19H22N4O. The number of ether oxygens (including phenoxy) is 1. The number of anilines is 1. The van der Waals surface area contributed by atoms with E-state index >= 15 is 0 Å². The molecule has 0 amide bonds. The van der Waals surface area contributed by atoms with Crippen LogP contribution in [0.4, 0.5) is 5.82 Å². The maximum atomic E-state index is 5.38. The van der Waals surface area contributed by atoms with Crippen LogP contribution >= 0.6 is 0 Å².